The number of hydrogen-bond acceptors (Lipinski definition) is 7. The third kappa shape index (κ3) is 4.40. The molecular formula is C22H20O7. The summed E-state index contributed by atoms with van der Waals surface area (Å²) in [5.41, 5.74) is 1.17. The van der Waals surface area contributed by atoms with E-state index in [0.717, 1.165) is 5.56 Å². The molecule has 4 rings (SSSR count). The molecule has 0 aromatic heterocycles. The lowest BCUT2D eigenvalue weighted by atomic mass is 10.0. The van der Waals surface area contributed by atoms with Crippen LogP contribution in [0.15, 0.2) is 48.5 Å². The molecule has 0 unspecified atom stereocenters. The number of rotatable bonds is 4. The Labute approximate surface area is 167 Å². The lowest BCUT2D eigenvalue weighted by Crippen LogP contribution is -2.02. The molecule has 0 spiro atoms. The molecule has 7 heteroatoms. The van der Waals surface area contributed by atoms with Crippen molar-refractivity contribution in [2.45, 2.75) is 20.5 Å². The van der Waals surface area contributed by atoms with E-state index in [1.807, 2.05) is 30.3 Å². The lowest BCUT2D eigenvalue weighted by molar-refractivity contribution is -0.140. The molecule has 29 heavy (non-hydrogen) atoms. The van der Waals surface area contributed by atoms with Crippen LogP contribution in [0.25, 0.3) is 10.8 Å². The molecule has 0 saturated carbocycles. The summed E-state index contributed by atoms with van der Waals surface area (Å²) >= 11 is 0. The summed E-state index contributed by atoms with van der Waals surface area (Å²) in [5.74, 6) is -0.410. The molecule has 0 amide bonds. The van der Waals surface area contributed by atoms with Crippen LogP contribution in [-0.2, 0) is 16.1 Å². The second kappa shape index (κ2) is 8.52. The summed E-state index contributed by atoms with van der Waals surface area (Å²) in [6.07, 6.45) is 0. The minimum absolute atomic E-state index is 0.0812. The molecule has 2 N–H and O–H groups in total. The Morgan fingerprint density at radius 2 is 1.83 bits per heavy atom. The van der Waals surface area contributed by atoms with Gasteiger partial charge in [0.2, 0.25) is 0 Å². The predicted octanol–water partition coefficient (Wildman–Crippen LogP) is 3.93. The van der Waals surface area contributed by atoms with E-state index in [1.165, 1.54) is 25.1 Å². The molecular weight excluding hydrogens is 376 g/mol. The fourth-order valence-corrected chi connectivity index (χ4v) is 2.92. The van der Waals surface area contributed by atoms with E-state index >= 15 is 0 Å². The quantitative estimate of drug-likeness (QED) is 0.509. The number of carbonyl (C=O) groups excluding carboxylic acids is 2. The van der Waals surface area contributed by atoms with Gasteiger partial charge in [-0.1, -0.05) is 30.3 Å². The first kappa shape index (κ1) is 20.0. The molecule has 1 aliphatic rings. The topological polar surface area (TPSA) is 102 Å². The average molecular weight is 396 g/mol. The van der Waals surface area contributed by atoms with Crippen molar-refractivity contribution in [3.05, 3.63) is 59.7 Å². The van der Waals surface area contributed by atoms with E-state index < -0.39 is 5.97 Å². The van der Waals surface area contributed by atoms with Crippen LogP contribution in [0.4, 0.5) is 0 Å². The number of hydrogen-bond donors (Lipinski definition) is 2. The van der Waals surface area contributed by atoms with E-state index in [-0.39, 0.29) is 41.1 Å². The van der Waals surface area contributed by atoms with Crippen LogP contribution < -0.4 is 9.47 Å². The Balaban J connectivity index is 0.000000353. The summed E-state index contributed by atoms with van der Waals surface area (Å²) in [7, 11) is 0. The number of esters is 2. The Hall–Kier alpha value is -3.74. The van der Waals surface area contributed by atoms with Crippen LogP contribution >= 0.6 is 0 Å². The normalized spacial score (nSPS) is 11.4. The monoisotopic (exact) mass is 396 g/mol. The maximum Gasteiger partial charge on any atom is 0.344 e. The third-order valence-corrected chi connectivity index (χ3v) is 4.12. The number of ether oxygens (including phenoxy) is 3. The SMILES string of the molecule is CCOC(C)=O.O=C1Oc2c(OCc3ccccc3)cc(O)c3cc(O)cc1c23. The van der Waals surface area contributed by atoms with Gasteiger partial charge in [0.25, 0.3) is 0 Å². The fraction of sp³-hybridized carbons (Fsp3) is 0.182. The largest absolute Gasteiger partial charge is 0.508 e. The molecule has 150 valence electrons. The molecule has 7 nitrogen and oxygen atoms in total. The van der Waals surface area contributed by atoms with Gasteiger partial charge in [0.15, 0.2) is 11.5 Å². The summed E-state index contributed by atoms with van der Waals surface area (Å²) in [6, 6.07) is 13.6. The van der Waals surface area contributed by atoms with Gasteiger partial charge in [0.05, 0.1) is 12.2 Å². The average Bonchev–Trinajstić information content (AvgIpc) is 3.01. The van der Waals surface area contributed by atoms with Gasteiger partial charge in [-0.05, 0) is 24.6 Å². The van der Waals surface area contributed by atoms with Gasteiger partial charge in [-0.2, -0.15) is 0 Å². The molecule has 0 radical (unpaired) electrons. The maximum absolute atomic E-state index is 12.0. The minimum Gasteiger partial charge on any atom is -0.508 e. The Morgan fingerprint density at radius 3 is 2.45 bits per heavy atom. The summed E-state index contributed by atoms with van der Waals surface area (Å²) in [6.45, 7) is 3.93. The van der Waals surface area contributed by atoms with Crippen molar-refractivity contribution < 1.29 is 34.0 Å². The summed E-state index contributed by atoms with van der Waals surface area (Å²) in [5, 5.41) is 20.7. The van der Waals surface area contributed by atoms with Crippen molar-refractivity contribution in [1.29, 1.82) is 0 Å². The molecule has 0 fully saturated rings. The first-order chi connectivity index (χ1) is 13.9. The fourth-order valence-electron chi connectivity index (χ4n) is 2.92. The summed E-state index contributed by atoms with van der Waals surface area (Å²) < 4.78 is 15.4. The van der Waals surface area contributed by atoms with Crippen molar-refractivity contribution in [3.63, 3.8) is 0 Å². The number of phenolic OH excluding ortho intramolecular Hbond substituents is 2. The van der Waals surface area contributed by atoms with Gasteiger partial charge in [0.1, 0.15) is 18.1 Å². The predicted molar refractivity (Wildman–Crippen MR) is 105 cm³/mol. The van der Waals surface area contributed by atoms with Crippen LogP contribution in [0.3, 0.4) is 0 Å². The van der Waals surface area contributed by atoms with Crippen molar-refractivity contribution in [3.8, 4) is 23.0 Å². The first-order valence-electron chi connectivity index (χ1n) is 8.95. The van der Waals surface area contributed by atoms with Gasteiger partial charge in [0, 0.05) is 23.8 Å². The highest BCUT2D eigenvalue weighted by Gasteiger charge is 2.30. The maximum atomic E-state index is 12.0. The van der Waals surface area contributed by atoms with Gasteiger partial charge < -0.3 is 24.4 Å². The number of benzene rings is 3. The molecule has 0 bridgehead atoms. The van der Waals surface area contributed by atoms with Crippen LogP contribution in [0.5, 0.6) is 23.0 Å². The Bertz CT molecular complexity index is 1060. The van der Waals surface area contributed by atoms with Crippen molar-refractivity contribution in [1.82, 2.24) is 0 Å². The second-order valence-corrected chi connectivity index (χ2v) is 6.23. The zero-order valence-electron chi connectivity index (χ0n) is 16.0. The molecule has 3 aromatic rings. The van der Waals surface area contributed by atoms with Crippen LogP contribution in [0, 0.1) is 0 Å². The highest BCUT2D eigenvalue weighted by molar-refractivity contribution is 6.15. The zero-order chi connectivity index (χ0) is 21.0. The highest BCUT2D eigenvalue weighted by atomic mass is 16.6. The summed E-state index contributed by atoms with van der Waals surface area (Å²) in [4.78, 5) is 21.8. The molecule has 0 atom stereocenters. The van der Waals surface area contributed by atoms with Crippen molar-refractivity contribution in [2.24, 2.45) is 0 Å². The van der Waals surface area contributed by atoms with Crippen molar-refractivity contribution in [2.75, 3.05) is 6.61 Å². The van der Waals surface area contributed by atoms with Gasteiger partial charge in [-0.25, -0.2) is 4.79 Å². The molecule has 0 saturated heterocycles. The minimum atomic E-state index is -0.573. The van der Waals surface area contributed by atoms with E-state index in [9.17, 15) is 19.8 Å². The van der Waals surface area contributed by atoms with E-state index in [4.69, 9.17) is 9.47 Å². The van der Waals surface area contributed by atoms with E-state index in [0.29, 0.717) is 17.4 Å². The number of aromatic hydroxyl groups is 2. The molecule has 3 aromatic carbocycles. The third-order valence-electron chi connectivity index (χ3n) is 4.12. The van der Waals surface area contributed by atoms with Crippen LogP contribution in [-0.4, -0.2) is 28.8 Å². The van der Waals surface area contributed by atoms with Crippen LogP contribution in [0.2, 0.25) is 0 Å². The standard InChI is InChI=1S/C18H12O5.C4H8O2/c19-11-6-12-14(20)8-15(22-9-10-4-2-1-3-5-10)17-16(12)13(7-11)18(21)23-17;1-3-6-4(2)5/h1-8,19-20H,9H2;3H2,1-2H3. The second-order valence-electron chi connectivity index (χ2n) is 6.23. The van der Waals surface area contributed by atoms with E-state index in [2.05, 4.69) is 4.74 Å². The van der Waals surface area contributed by atoms with Gasteiger partial charge >= 0.3 is 11.9 Å². The number of phenols is 2. The zero-order valence-corrected chi connectivity index (χ0v) is 16.0. The first-order valence-corrected chi connectivity index (χ1v) is 8.95. The Morgan fingerprint density at radius 1 is 1.10 bits per heavy atom. The van der Waals surface area contributed by atoms with Gasteiger partial charge in [-0.3, -0.25) is 4.79 Å². The molecule has 0 aliphatic carbocycles. The molecule has 1 aliphatic heterocycles. The Kier molecular flexibility index (Phi) is 5.87. The smallest absolute Gasteiger partial charge is 0.344 e. The molecule has 1 heterocycles. The highest BCUT2D eigenvalue weighted by Crippen LogP contribution is 2.47. The lowest BCUT2D eigenvalue weighted by Gasteiger charge is -2.11. The van der Waals surface area contributed by atoms with E-state index in [1.54, 1.807) is 6.92 Å². The number of carbonyl (C=O) groups is 2. The van der Waals surface area contributed by atoms with Crippen molar-refractivity contribution >= 4 is 22.7 Å². The van der Waals surface area contributed by atoms with Gasteiger partial charge in [-0.15, -0.1) is 0 Å². The van der Waals surface area contributed by atoms with Crippen LogP contribution in [0.1, 0.15) is 29.8 Å².